The molecule has 23 heavy (non-hydrogen) atoms. The highest BCUT2D eigenvalue weighted by Crippen LogP contribution is 2.25. The summed E-state index contributed by atoms with van der Waals surface area (Å²) in [5.41, 5.74) is 0. The Bertz CT molecular complexity index is 517. The van der Waals surface area contributed by atoms with Gasteiger partial charge in [-0.15, -0.1) is 0 Å². The molecule has 4 N–H and O–H groups in total. The second-order valence-electron chi connectivity index (χ2n) is 5.17. The largest absolute Gasteiger partial charge is 0.494 e. The van der Waals surface area contributed by atoms with E-state index in [2.05, 4.69) is 0 Å². The first-order valence-corrected chi connectivity index (χ1v) is 7.26. The molecule has 0 bridgehead atoms. The molecule has 1 aromatic rings. The summed E-state index contributed by atoms with van der Waals surface area (Å²) >= 11 is 0. The Labute approximate surface area is 132 Å². The highest BCUT2D eigenvalue weighted by Gasteiger charge is 2.48. The Hall–Kier alpha value is -1.87. The first kappa shape index (κ1) is 17.5. The zero-order chi connectivity index (χ0) is 17.0. The van der Waals surface area contributed by atoms with Gasteiger partial charge in [0.2, 0.25) is 6.29 Å². The molecule has 8 nitrogen and oxygen atoms in total. The van der Waals surface area contributed by atoms with Crippen LogP contribution in [0.3, 0.4) is 0 Å². The molecule has 0 amide bonds. The summed E-state index contributed by atoms with van der Waals surface area (Å²) in [4.78, 5) is 11.0. The molecule has 0 aliphatic carbocycles. The molecule has 2 rings (SSSR count). The summed E-state index contributed by atoms with van der Waals surface area (Å²) < 4.78 is 15.8. The van der Waals surface area contributed by atoms with Gasteiger partial charge in [0.1, 0.15) is 29.8 Å². The number of aliphatic hydroxyl groups excluding tert-OH is 3. The number of carbonyl (C=O) groups is 1. The van der Waals surface area contributed by atoms with E-state index < -0.39 is 36.7 Å². The Balaban J connectivity index is 2.04. The van der Waals surface area contributed by atoms with E-state index >= 15 is 0 Å². The van der Waals surface area contributed by atoms with E-state index in [0.717, 1.165) is 6.42 Å². The van der Waals surface area contributed by atoms with Crippen molar-refractivity contribution in [3.05, 3.63) is 24.3 Å². The van der Waals surface area contributed by atoms with Crippen molar-refractivity contribution < 1.29 is 39.4 Å². The first-order valence-electron chi connectivity index (χ1n) is 7.26. The van der Waals surface area contributed by atoms with Crippen LogP contribution in [0.25, 0.3) is 0 Å². The minimum absolute atomic E-state index is 0.297. The van der Waals surface area contributed by atoms with Crippen LogP contribution in [0.2, 0.25) is 0 Å². The SMILES string of the molecule is CCCOc1ccc(OC2O[C@H](C(=O)O)[C@@H](O)[C@H](O)[C@H]2O)cc1. The number of hydrogen-bond donors (Lipinski definition) is 4. The van der Waals surface area contributed by atoms with Gasteiger partial charge in [0.05, 0.1) is 6.61 Å². The molecular weight excluding hydrogens is 308 g/mol. The van der Waals surface area contributed by atoms with Gasteiger partial charge in [-0.25, -0.2) is 4.79 Å². The summed E-state index contributed by atoms with van der Waals surface area (Å²) in [6.45, 7) is 2.56. The number of rotatable bonds is 6. The van der Waals surface area contributed by atoms with Gasteiger partial charge in [0.25, 0.3) is 0 Å². The molecule has 5 atom stereocenters. The maximum absolute atomic E-state index is 11.0. The summed E-state index contributed by atoms with van der Waals surface area (Å²) in [7, 11) is 0. The average molecular weight is 328 g/mol. The molecule has 0 radical (unpaired) electrons. The molecule has 0 aromatic heterocycles. The van der Waals surface area contributed by atoms with Gasteiger partial charge in [-0.3, -0.25) is 0 Å². The number of benzene rings is 1. The maximum Gasteiger partial charge on any atom is 0.335 e. The third-order valence-corrected chi connectivity index (χ3v) is 3.36. The second kappa shape index (κ2) is 7.60. The van der Waals surface area contributed by atoms with Gasteiger partial charge in [0, 0.05) is 0 Å². The molecule has 0 saturated carbocycles. The van der Waals surface area contributed by atoms with Crippen molar-refractivity contribution in [3.63, 3.8) is 0 Å². The van der Waals surface area contributed by atoms with Crippen LogP contribution in [0.5, 0.6) is 11.5 Å². The Kier molecular flexibility index (Phi) is 5.78. The standard InChI is InChI=1S/C15H20O8/c1-2-7-21-8-3-5-9(6-4-8)22-15-12(18)10(16)11(17)13(23-15)14(19)20/h3-6,10-13,15-18H,2,7H2,1H3,(H,19,20)/t10-,11-,12+,13-,15?/m0/s1. The minimum atomic E-state index is -1.74. The molecule has 1 saturated heterocycles. The number of aliphatic carboxylic acids is 1. The van der Waals surface area contributed by atoms with Crippen LogP contribution in [0.15, 0.2) is 24.3 Å². The first-order chi connectivity index (χ1) is 10.9. The van der Waals surface area contributed by atoms with Crippen LogP contribution in [-0.4, -0.2) is 63.7 Å². The summed E-state index contributed by atoms with van der Waals surface area (Å²) in [6.07, 6.45) is -7.26. The molecule has 0 spiro atoms. The molecule has 1 unspecified atom stereocenters. The monoisotopic (exact) mass is 328 g/mol. The molecule has 1 fully saturated rings. The number of carboxylic acid groups (broad SMARTS) is 1. The van der Waals surface area contributed by atoms with E-state index in [0.29, 0.717) is 18.1 Å². The topological polar surface area (TPSA) is 126 Å². The van der Waals surface area contributed by atoms with Crippen molar-refractivity contribution in [2.75, 3.05) is 6.61 Å². The predicted octanol–water partition coefficient (Wildman–Crippen LogP) is -0.254. The molecule has 1 aromatic carbocycles. The van der Waals surface area contributed by atoms with Crippen molar-refractivity contribution in [2.24, 2.45) is 0 Å². The van der Waals surface area contributed by atoms with Gasteiger partial charge < -0.3 is 34.6 Å². The lowest BCUT2D eigenvalue weighted by molar-refractivity contribution is -0.271. The highest BCUT2D eigenvalue weighted by atomic mass is 16.7. The van der Waals surface area contributed by atoms with Crippen molar-refractivity contribution >= 4 is 5.97 Å². The van der Waals surface area contributed by atoms with Crippen LogP contribution in [-0.2, 0) is 9.53 Å². The fourth-order valence-corrected chi connectivity index (χ4v) is 2.12. The van der Waals surface area contributed by atoms with Crippen LogP contribution < -0.4 is 9.47 Å². The Morgan fingerprint density at radius 1 is 1.09 bits per heavy atom. The van der Waals surface area contributed by atoms with Crippen LogP contribution >= 0.6 is 0 Å². The summed E-state index contributed by atoms with van der Waals surface area (Å²) in [5.74, 6) is -0.519. The van der Waals surface area contributed by atoms with Gasteiger partial charge in [-0.05, 0) is 30.7 Å². The van der Waals surface area contributed by atoms with E-state index in [-0.39, 0.29) is 0 Å². The van der Waals surface area contributed by atoms with Crippen molar-refractivity contribution in [1.82, 2.24) is 0 Å². The third-order valence-electron chi connectivity index (χ3n) is 3.36. The van der Waals surface area contributed by atoms with Gasteiger partial charge in [-0.1, -0.05) is 6.92 Å². The van der Waals surface area contributed by atoms with Gasteiger partial charge >= 0.3 is 5.97 Å². The Morgan fingerprint density at radius 2 is 1.70 bits per heavy atom. The molecule has 128 valence electrons. The van der Waals surface area contributed by atoms with Gasteiger partial charge in [-0.2, -0.15) is 0 Å². The van der Waals surface area contributed by atoms with Crippen LogP contribution in [0, 0.1) is 0 Å². The van der Waals surface area contributed by atoms with Crippen molar-refractivity contribution in [2.45, 2.75) is 44.1 Å². The molecular formula is C15H20O8. The lowest BCUT2D eigenvalue weighted by Gasteiger charge is -2.38. The molecule has 8 heteroatoms. The predicted molar refractivity (Wildman–Crippen MR) is 77.2 cm³/mol. The van der Waals surface area contributed by atoms with Crippen LogP contribution in [0.4, 0.5) is 0 Å². The quantitative estimate of drug-likeness (QED) is 0.563. The zero-order valence-electron chi connectivity index (χ0n) is 12.5. The number of hydrogen-bond acceptors (Lipinski definition) is 7. The third kappa shape index (κ3) is 4.11. The highest BCUT2D eigenvalue weighted by molar-refractivity contribution is 5.73. The normalized spacial score (nSPS) is 30.7. The smallest absolute Gasteiger partial charge is 0.335 e. The number of aliphatic hydroxyl groups is 3. The summed E-state index contributed by atoms with van der Waals surface area (Å²) in [5, 5.41) is 38.1. The van der Waals surface area contributed by atoms with Crippen molar-refractivity contribution in [1.29, 1.82) is 0 Å². The van der Waals surface area contributed by atoms with Gasteiger partial charge in [0.15, 0.2) is 6.10 Å². The second-order valence-corrected chi connectivity index (χ2v) is 5.17. The molecule has 1 heterocycles. The lowest BCUT2D eigenvalue weighted by atomic mass is 9.99. The number of ether oxygens (including phenoxy) is 3. The maximum atomic E-state index is 11.0. The summed E-state index contributed by atoms with van der Waals surface area (Å²) in [6, 6.07) is 6.43. The molecule has 1 aliphatic rings. The number of carboxylic acids is 1. The van der Waals surface area contributed by atoms with Crippen molar-refractivity contribution in [3.8, 4) is 11.5 Å². The molecule has 1 aliphatic heterocycles. The minimum Gasteiger partial charge on any atom is -0.494 e. The average Bonchev–Trinajstić information content (AvgIpc) is 2.54. The fraction of sp³-hybridized carbons (Fsp3) is 0.533. The van der Waals surface area contributed by atoms with E-state index in [1.54, 1.807) is 24.3 Å². The Morgan fingerprint density at radius 3 is 2.26 bits per heavy atom. The lowest BCUT2D eigenvalue weighted by Crippen LogP contribution is -2.61. The van der Waals surface area contributed by atoms with Crippen LogP contribution in [0.1, 0.15) is 13.3 Å². The fourth-order valence-electron chi connectivity index (χ4n) is 2.12. The van der Waals surface area contributed by atoms with E-state index in [9.17, 15) is 20.1 Å². The van der Waals surface area contributed by atoms with E-state index in [4.69, 9.17) is 19.3 Å². The zero-order valence-corrected chi connectivity index (χ0v) is 12.5. The van der Waals surface area contributed by atoms with E-state index in [1.807, 2.05) is 6.92 Å². The van der Waals surface area contributed by atoms with E-state index in [1.165, 1.54) is 0 Å².